The lowest BCUT2D eigenvalue weighted by Gasteiger charge is -2.10. The van der Waals surface area contributed by atoms with Gasteiger partial charge in [0, 0.05) is 6.54 Å². The molecule has 9 nitrogen and oxygen atoms in total. The van der Waals surface area contributed by atoms with Crippen LogP contribution < -0.4 is 9.46 Å². The Labute approximate surface area is 218 Å². The Morgan fingerprint density at radius 3 is 1.95 bits per heavy atom. The molecule has 11 heteroatoms. The number of sulfonamides is 1. The van der Waals surface area contributed by atoms with Gasteiger partial charge in [0.05, 0.1) is 42.8 Å². The van der Waals surface area contributed by atoms with Gasteiger partial charge in [-0.3, -0.25) is 4.18 Å². The molecule has 0 saturated heterocycles. The number of rotatable bonds is 16. The summed E-state index contributed by atoms with van der Waals surface area (Å²) in [6.45, 7) is 2.89. The first-order chi connectivity index (χ1) is 17.8. The molecule has 0 heterocycles. The van der Waals surface area contributed by atoms with Crippen LogP contribution in [-0.2, 0) is 40.4 Å². The van der Waals surface area contributed by atoms with Gasteiger partial charge in [-0.25, -0.2) is 13.1 Å². The highest BCUT2D eigenvalue weighted by molar-refractivity contribution is 7.89. The van der Waals surface area contributed by atoms with Crippen molar-refractivity contribution in [2.75, 3.05) is 39.6 Å². The van der Waals surface area contributed by atoms with Crippen molar-refractivity contribution in [3.8, 4) is 5.75 Å². The third kappa shape index (κ3) is 9.88. The van der Waals surface area contributed by atoms with E-state index >= 15 is 0 Å². The highest BCUT2D eigenvalue weighted by Gasteiger charge is 2.15. The quantitative estimate of drug-likeness (QED) is 0.214. The van der Waals surface area contributed by atoms with Crippen LogP contribution >= 0.6 is 0 Å². The highest BCUT2D eigenvalue weighted by atomic mass is 32.2. The van der Waals surface area contributed by atoms with Crippen molar-refractivity contribution >= 4 is 20.1 Å². The molecule has 0 amide bonds. The van der Waals surface area contributed by atoms with E-state index in [1.165, 1.54) is 24.3 Å². The van der Waals surface area contributed by atoms with E-state index < -0.39 is 20.1 Å². The van der Waals surface area contributed by atoms with Gasteiger partial charge in [0.1, 0.15) is 12.4 Å². The lowest BCUT2D eigenvalue weighted by Crippen LogP contribution is -2.27. The van der Waals surface area contributed by atoms with Crippen molar-refractivity contribution in [2.24, 2.45) is 0 Å². The van der Waals surface area contributed by atoms with Crippen LogP contribution in [0.25, 0.3) is 0 Å². The SMILES string of the molecule is Cc1ccc(S(=O)(=O)OCCOCCOCCNS(=O)(=O)c2ccc(OCc3ccccc3)cc2)cc1. The summed E-state index contributed by atoms with van der Waals surface area (Å²) in [7, 11) is -7.50. The zero-order valence-electron chi connectivity index (χ0n) is 20.5. The van der Waals surface area contributed by atoms with Crippen molar-refractivity contribution in [1.29, 1.82) is 0 Å². The third-order valence-electron chi connectivity index (χ3n) is 5.07. The van der Waals surface area contributed by atoms with Gasteiger partial charge in [-0.1, -0.05) is 48.0 Å². The standard InChI is InChI=1S/C26H31NO8S2/c1-22-7-11-26(12-8-22)37(30,31)35-20-19-33-18-17-32-16-15-27-36(28,29)25-13-9-24(10-14-25)34-21-23-5-3-2-4-6-23/h2-14,27H,15-21H2,1H3. The van der Waals surface area contributed by atoms with E-state index in [1.807, 2.05) is 37.3 Å². The summed E-state index contributed by atoms with van der Waals surface area (Å²) >= 11 is 0. The van der Waals surface area contributed by atoms with Crippen LogP contribution in [-0.4, -0.2) is 56.4 Å². The molecule has 3 aromatic carbocycles. The summed E-state index contributed by atoms with van der Waals surface area (Å²) in [5.74, 6) is 0.573. The van der Waals surface area contributed by atoms with Crippen molar-refractivity contribution in [2.45, 2.75) is 23.3 Å². The molecule has 0 saturated carbocycles. The minimum absolute atomic E-state index is 0.0755. The van der Waals surface area contributed by atoms with Gasteiger partial charge < -0.3 is 14.2 Å². The average Bonchev–Trinajstić information content (AvgIpc) is 2.89. The fraction of sp³-hybridized carbons (Fsp3) is 0.308. The summed E-state index contributed by atoms with van der Waals surface area (Å²) in [4.78, 5) is 0.222. The Morgan fingerprint density at radius 2 is 1.27 bits per heavy atom. The van der Waals surface area contributed by atoms with Gasteiger partial charge in [-0.05, 0) is 48.9 Å². The predicted molar refractivity (Wildman–Crippen MR) is 138 cm³/mol. The Kier molecular flexibility index (Phi) is 11.1. The molecular weight excluding hydrogens is 518 g/mol. The molecular formula is C26H31NO8S2. The molecule has 0 aliphatic carbocycles. The Hall–Kier alpha value is -2.80. The van der Waals surface area contributed by atoms with Gasteiger partial charge in [0.15, 0.2) is 0 Å². The van der Waals surface area contributed by atoms with Crippen LogP contribution in [0.3, 0.4) is 0 Å². The minimum atomic E-state index is -3.82. The van der Waals surface area contributed by atoms with Gasteiger partial charge >= 0.3 is 0 Å². The van der Waals surface area contributed by atoms with E-state index in [4.69, 9.17) is 18.4 Å². The van der Waals surface area contributed by atoms with Crippen LogP contribution in [0.4, 0.5) is 0 Å². The summed E-state index contributed by atoms with van der Waals surface area (Å²) in [5, 5.41) is 0. The van der Waals surface area contributed by atoms with E-state index in [0.29, 0.717) is 12.4 Å². The molecule has 0 bridgehead atoms. The highest BCUT2D eigenvalue weighted by Crippen LogP contribution is 2.17. The lowest BCUT2D eigenvalue weighted by atomic mass is 10.2. The van der Waals surface area contributed by atoms with Gasteiger partial charge in [-0.2, -0.15) is 8.42 Å². The normalized spacial score (nSPS) is 11.9. The van der Waals surface area contributed by atoms with E-state index in [1.54, 1.807) is 24.3 Å². The average molecular weight is 550 g/mol. The molecule has 0 aliphatic rings. The first-order valence-electron chi connectivity index (χ1n) is 11.6. The van der Waals surface area contributed by atoms with E-state index in [-0.39, 0.29) is 49.4 Å². The lowest BCUT2D eigenvalue weighted by molar-refractivity contribution is 0.0389. The molecule has 0 aromatic heterocycles. The fourth-order valence-corrected chi connectivity index (χ4v) is 4.99. The van der Waals surface area contributed by atoms with Crippen LogP contribution in [0.2, 0.25) is 0 Å². The largest absolute Gasteiger partial charge is 0.489 e. The first kappa shape index (κ1) is 28.8. The van der Waals surface area contributed by atoms with Crippen molar-refractivity contribution in [3.63, 3.8) is 0 Å². The molecule has 0 fully saturated rings. The second-order valence-corrected chi connectivity index (χ2v) is 11.3. The van der Waals surface area contributed by atoms with Crippen molar-refractivity contribution in [1.82, 2.24) is 4.72 Å². The molecule has 0 spiro atoms. The van der Waals surface area contributed by atoms with Crippen molar-refractivity contribution in [3.05, 3.63) is 90.0 Å². The Balaban J connectivity index is 1.25. The number of hydrogen-bond acceptors (Lipinski definition) is 8. The van der Waals surface area contributed by atoms with Crippen LogP contribution in [0.15, 0.2) is 88.7 Å². The zero-order chi connectivity index (χ0) is 26.6. The summed E-state index contributed by atoms with van der Waals surface area (Å²) in [6.07, 6.45) is 0. The van der Waals surface area contributed by atoms with Crippen molar-refractivity contribution < 1.29 is 35.2 Å². The monoisotopic (exact) mass is 549 g/mol. The van der Waals surface area contributed by atoms with Gasteiger partial charge in [0.2, 0.25) is 10.0 Å². The number of aryl methyl sites for hydroxylation is 1. The predicted octanol–water partition coefficient (Wildman–Crippen LogP) is 3.29. The Morgan fingerprint density at radius 1 is 0.676 bits per heavy atom. The molecule has 1 N–H and O–H groups in total. The minimum Gasteiger partial charge on any atom is -0.489 e. The topological polar surface area (TPSA) is 117 Å². The van der Waals surface area contributed by atoms with Gasteiger partial charge in [0.25, 0.3) is 10.1 Å². The molecule has 3 aromatic rings. The maximum absolute atomic E-state index is 12.4. The third-order valence-corrected chi connectivity index (χ3v) is 7.87. The van der Waals surface area contributed by atoms with Gasteiger partial charge in [-0.15, -0.1) is 0 Å². The molecule has 0 atom stereocenters. The molecule has 0 radical (unpaired) electrons. The molecule has 200 valence electrons. The Bertz CT molecular complexity index is 1290. The molecule has 37 heavy (non-hydrogen) atoms. The number of hydrogen-bond donors (Lipinski definition) is 1. The van der Waals surface area contributed by atoms with E-state index in [9.17, 15) is 16.8 Å². The second-order valence-electron chi connectivity index (χ2n) is 7.96. The molecule has 0 unspecified atom stereocenters. The van der Waals surface area contributed by atoms with E-state index in [0.717, 1.165) is 11.1 Å². The van der Waals surface area contributed by atoms with Crippen LogP contribution in [0, 0.1) is 6.92 Å². The fourth-order valence-electron chi connectivity index (χ4n) is 3.09. The number of ether oxygens (including phenoxy) is 3. The zero-order valence-corrected chi connectivity index (χ0v) is 22.2. The smallest absolute Gasteiger partial charge is 0.297 e. The first-order valence-corrected chi connectivity index (χ1v) is 14.5. The summed E-state index contributed by atoms with van der Waals surface area (Å²) < 4.78 is 72.8. The summed E-state index contributed by atoms with van der Waals surface area (Å²) in [6, 6.07) is 22.2. The maximum atomic E-state index is 12.4. The van der Waals surface area contributed by atoms with Crippen LogP contribution in [0.1, 0.15) is 11.1 Å². The summed E-state index contributed by atoms with van der Waals surface area (Å²) in [5.41, 5.74) is 1.97. The number of nitrogens with one attached hydrogen (secondary N) is 1. The molecule has 3 rings (SSSR count). The second kappa shape index (κ2) is 14.2. The number of benzene rings is 3. The van der Waals surface area contributed by atoms with E-state index in [2.05, 4.69) is 4.72 Å². The van der Waals surface area contributed by atoms with Crippen LogP contribution in [0.5, 0.6) is 5.75 Å². The maximum Gasteiger partial charge on any atom is 0.297 e. The molecule has 0 aliphatic heterocycles.